The molecule has 0 aliphatic heterocycles. The molecule has 2 aromatic carbocycles. The highest BCUT2D eigenvalue weighted by Crippen LogP contribution is 2.28. The number of hydrogen-bond donors (Lipinski definition) is 0. The highest BCUT2D eigenvalue weighted by Gasteiger charge is 2.08. The van der Waals surface area contributed by atoms with Gasteiger partial charge in [0.15, 0.2) is 5.82 Å². The number of nitrogens with zero attached hydrogens (tertiary/aromatic N) is 3. The Morgan fingerprint density at radius 1 is 1.00 bits per heavy atom. The molecule has 0 unspecified atom stereocenters. The molecule has 17 heavy (non-hydrogen) atoms. The summed E-state index contributed by atoms with van der Waals surface area (Å²) in [5.74, 6) is 0.781. The van der Waals surface area contributed by atoms with Crippen LogP contribution < -0.4 is 0 Å². The number of hydrogen-bond acceptors (Lipinski definition) is 2. The summed E-state index contributed by atoms with van der Waals surface area (Å²) in [6.45, 7) is 2.12. The van der Waals surface area contributed by atoms with E-state index in [0.29, 0.717) is 0 Å². The van der Waals surface area contributed by atoms with Crippen molar-refractivity contribution in [1.29, 1.82) is 0 Å². The van der Waals surface area contributed by atoms with Crippen LogP contribution in [0.2, 0.25) is 0 Å². The molecule has 0 N–H and O–H groups in total. The van der Waals surface area contributed by atoms with Crippen LogP contribution in [0.15, 0.2) is 42.7 Å². The third kappa shape index (κ3) is 1.60. The summed E-state index contributed by atoms with van der Waals surface area (Å²) < 4.78 is 1.73. The number of benzene rings is 2. The molecule has 3 nitrogen and oxygen atoms in total. The van der Waals surface area contributed by atoms with Crippen molar-refractivity contribution < 1.29 is 0 Å². The van der Waals surface area contributed by atoms with Crippen LogP contribution in [0.1, 0.15) is 5.56 Å². The van der Waals surface area contributed by atoms with Crippen LogP contribution in [0.3, 0.4) is 0 Å². The minimum absolute atomic E-state index is 0.781. The average Bonchev–Trinajstić information content (AvgIpc) is 2.77. The van der Waals surface area contributed by atoms with Crippen LogP contribution in [0.4, 0.5) is 0 Å². The largest absolute Gasteiger partial charge is 0.255 e. The topological polar surface area (TPSA) is 30.7 Å². The Hall–Kier alpha value is -2.16. The van der Waals surface area contributed by atoms with Crippen LogP contribution in [0.25, 0.3) is 22.2 Å². The molecule has 3 rings (SSSR count). The Morgan fingerprint density at radius 3 is 2.47 bits per heavy atom. The predicted molar refractivity (Wildman–Crippen MR) is 68.7 cm³/mol. The SMILES string of the molecule is Cc1ccc(-c2ncn(C)n2)c2ccccc12. The van der Waals surface area contributed by atoms with Gasteiger partial charge >= 0.3 is 0 Å². The van der Waals surface area contributed by atoms with Crippen molar-refractivity contribution in [3.63, 3.8) is 0 Å². The highest BCUT2D eigenvalue weighted by molar-refractivity contribution is 5.96. The van der Waals surface area contributed by atoms with Crippen molar-refractivity contribution in [1.82, 2.24) is 14.8 Å². The minimum atomic E-state index is 0.781. The Labute approximate surface area is 99.7 Å². The molecule has 1 heterocycles. The van der Waals surface area contributed by atoms with Gasteiger partial charge in [-0.3, -0.25) is 4.68 Å². The lowest BCUT2D eigenvalue weighted by Gasteiger charge is -2.05. The van der Waals surface area contributed by atoms with Gasteiger partial charge in [-0.25, -0.2) is 4.98 Å². The standard InChI is InChI=1S/C14H13N3/c1-10-7-8-13(14-15-9-17(2)16-14)12-6-4-3-5-11(10)12/h3-9H,1-2H3. The number of rotatable bonds is 1. The smallest absolute Gasteiger partial charge is 0.181 e. The van der Waals surface area contributed by atoms with E-state index in [1.54, 1.807) is 11.0 Å². The van der Waals surface area contributed by atoms with Crippen molar-refractivity contribution >= 4 is 10.8 Å². The van der Waals surface area contributed by atoms with Gasteiger partial charge in [0.25, 0.3) is 0 Å². The van der Waals surface area contributed by atoms with Gasteiger partial charge in [0, 0.05) is 12.6 Å². The van der Waals surface area contributed by atoms with Crippen molar-refractivity contribution in [2.45, 2.75) is 6.92 Å². The second-order valence-corrected chi connectivity index (χ2v) is 4.22. The molecule has 0 atom stereocenters. The van der Waals surface area contributed by atoms with E-state index in [2.05, 4.69) is 47.3 Å². The van der Waals surface area contributed by atoms with E-state index in [0.717, 1.165) is 11.4 Å². The molecule has 1 aromatic heterocycles. The summed E-state index contributed by atoms with van der Waals surface area (Å²) in [5, 5.41) is 6.83. The van der Waals surface area contributed by atoms with E-state index in [9.17, 15) is 0 Å². The summed E-state index contributed by atoms with van der Waals surface area (Å²) >= 11 is 0. The molecule has 84 valence electrons. The van der Waals surface area contributed by atoms with Gasteiger partial charge in [0.2, 0.25) is 0 Å². The Bertz CT molecular complexity index is 683. The molecule has 0 aliphatic carbocycles. The zero-order chi connectivity index (χ0) is 11.8. The molecule has 0 fully saturated rings. The van der Waals surface area contributed by atoms with Crippen LogP contribution in [0.5, 0.6) is 0 Å². The highest BCUT2D eigenvalue weighted by atomic mass is 15.3. The quantitative estimate of drug-likeness (QED) is 0.635. The minimum Gasteiger partial charge on any atom is -0.255 e. The maximum atomic E-state index is 4.37. The first kappa shape index (κ1) is 10.0. The maximum absolute atomic E-state index is 4.37. The first-order chi connectivity index (χ1) is 8.25. The normalized spacial score (nSPS) is 10.9. The molecular formula is C14H13N3. The fourth-order valence-electron chi connectivity index (χ4n) is 2.11. The number of aromatic nitrogens is 3. The van der Waals surface area contributed by atoms with Gasteiger partial charge in [-0.1, -0.05) is 36.4 Å². The van der Waals surface area contributed by atoms with E-state index in [1.165, 1.54) is 16.3 Å². The molecule has 0 aliphatic rings. The van der Waals surface area contributed by atoms with E-state index in [1.807, 2.05) is 13.1 Å². The monoisotopic (exact) mass is 223 g/mol. The fourth-order valence-corrected chi connectivity index (χ4v) is 2.11. The molecule has 0 amide bonds. The van der Waals surface area contributed by atoms with Crippen LogP contribution in [-0.2, 0) is 7.05 Å². The van der Waals surface area contributed by atoms with Gasteiger partial charge in [0.1, 0.15) is 6.33 Å². The Morgan fingerprint density at radius 2 is 1.76 bits per heavy atom. The van der Waals surface area contributed by atoms with Crippen molar-refractivity contribution in [3.05, 3.63) is 48.3 Å². The van der Waals surface area contributed by atoms with Gasteiger partial charge in [0.05, 0.1) is 0 Å². The van der Waals surface area contributed by atoms with Gasteiger partial charge in [-0.2, -0.15) is 5.10 Å². The summed E-state index contributed by atoms with van der Waals surface area (Å²) in [4.78, 5) is 4.32. The summed E-state index contributed by atoms with van der Waals surface area (Å²) in [7, 11) is 1.88. The lowest BCUT2D eigenvalue weighted by Crippen LogP contribution is -1.89. The molecule has 0 radical (unpaired) electrons. The van der Waals surface area contributed by atoms with E-state index in [4.69, 9.17) is 0 Å². The van der Waals surface area contributed by atoms with E-state index < -0.39 is 0 Å². The zero-order valence-corrected chi connectivity index (χ0v) is 9.88. The van der Waals surface area contributed by atoms with E-state index >= 15 is 0 Å². The first-order valence-electron chi connectivity index (χ1n) is 5.60. The van der Waals surface area contributed by atoms with Crippen LogP contribution in [-0.4, -0.2) is 14.8 Å². The Balaban J connectivity index is 2.34. The van der Waals surface area contributed by atoms with Gasteiger partial charge in [-0.15, -0.1) is 0 Å². The van der Waals surface area contributed by atoms with Gasteiger partial charge in [-0.05, 0) is 23.3 Å². The average molecular weight is 223 g/mol. The zero-order valence-electron chi connectivity index (χ0n) is 9.88. The van der Waals surface area contributed by atoms with Gasteiger partial charge < -0.3 is 0 Å². The van der Waals surface area contributed by atoms with Crippen molar-refractivity contribution in [2.24, 2.45) is 7.05 Å². The second-order valence-electron chi connectivity index (χ2n) is 4.22. The van der Waals surface area contributed by atoms with E-state index in [-0.39, 0.29) is 0 Å². The molecule has 0 saturated heterocycles. The lowest BCUT2D eigenvalue weighted by atomic mass is 10.00. The van der Waals surface area contributed by atoms with Crippen LogP contribution in [0, 0.1) is 6.92 Å². The summed E-state index contributed by atoms with van der Waals surface area (Å²) in [6, 6.07) is 12.6. The molecular weight excluding hydrogens is 210 g/mol. The summed E-state index contributed by atoms with van der Waals surface area (Å²) in [5.41, 5.74) is 2.37. The predicted octanol–water partition coefficient (Wildman–Crippen LogP) is 2.94. The first-order valence-corrected chi connectivity index (χ1v) is 5.60. The molecule has 3 aromatic rings. The third-order valence-electron chi connectivity index (χ3n) is 2.98. The molecule has 0 bridgehead atoms. The van der Waals surface area contributed by atoms with Crippen molar-refractivity contribution in [3.8, 4) is 11.4 Å². The Kier molecular flexibility index (Phi) is 2.18. The maximum Gasteiger partial charge on any atom is 0.181 e. The molecule has 3 heteroatoms. The number of fused-ring (bicyclic) bond motifs is 1. The number of aryl methyl sites for hydroxylation is 2. The third-order valence-corrected chi connectivity index (χ3v) is 2.98. The fraction of sp³-hybridized carbons (Fsp3) is 0.143. The second kappa shape index (κ2) is 3.70. The molecule has 0 saturated carbocycles. The van der Waals surface area contributed by atoms with Crippen LogP contribution >= 0.6 is 0 Å². The molecule has 0 spiro atoms. The summed E-state index contributed by atoms with van der Waals surface area (Å²) in [6.07, 6.45) is 1.73. The van der Waals surface area contributed by atoms with Crippen molar-refractivity contribution in [2.75, 3.05) is 0 Å². The lowest BCUT2D eigenvalue weighted by molar-refractivity contribution is 0.768.